The fourth-order valence-corrected chi connectivity index (χ4v) is 4.60. The van der Waals surface area contributed by atoms with E-state index in [-0.39, 0.29) is 41.0 Å². The number of alkyl halides is 5. The number of ether oxygens (including phenoxy) is 1. The first-order valence-corrected chi connectivity index (χ1v) is 13.3. The van der Waals surface area contributed by atoms with Crippen molar-refractivity contribution in [2.24, 2.45) is 0 Å². The van der Waals surface area contributed by atoms with Crippen LogP contribution in [-0.2, 0) is 5.92 Å². The van der Waals surface area contributed by atoms with Gasteiger partial charge in [0.15, 0.2) is 5.75 Å². The molecule has 1 aliphatic heterocycles. The van der Waals surface area contributed by atoms with Crippen molar-refractivity contribution in [3.63, 3.8) is 0 Å². The Balaban J connectivity index is 1.49. The van der Waals surface area contributed by atoms with Gasteiger partial charge in [-0.25, -0.2) is 4.98 Å². The van der Waals surface area contributed by atoms with Gasteiger partial charge < -0.3 is 25.3 Å². The molecule has 2 aromatic carbocycles. The molecule has 5 rings (SSSR count). The number of imidazole rings is 1. The fourth-order valence-electron chi connectivity index (χ4n) is 4.60. The van der Waals surface area contributed by atoms with E-state index in [1.54, 1.807) is 0 Å². The number of hydrogen-bond acceptors (Lipinski definition) is 8. The summed E-state index contributed by atoms with van der Waals surface area (Å²) in [5.74, 6) is -6.20. The van der Waals surface area contributed by atoms with Crippen molar-refractivity contribution >= 4 is 28.6 Å². The summed E-state index contributed by atoms with van der Waals surface area (Å²) < 4.78 is 75.6. The zero-order chi connectivity index (χ0) is 30.8. The van der Waals surface area contributed by atoms with Crippen LogP contribution in [0.15, 0.2) is 54.7 Å². The first kappa shape index (κ1) is 29.8. The van der Waals surface area contributed by atoms with E-state index in [9.17, 15) is 31.9 Å². The number of rotatable bonds is 10. The van der Waals surface area contributed by atoms with Crippen molar-refractivity contribution in [3.05, 3.63) is 66.0 Å². The summed E-state index contributed by atoms with van der Waals surface area (Å²) in [6, 6.07) is 9.82. The highest BCUT2D eigenvalue weighted by molar-refractivity contribution is 5.92. The average molecular weight is 607 g/mol. The molecule has 0 atom stereocenters. The van der Waals surface area contributed by atoms with Crippen LogP contribution in [0.4, 0.5) is 33.6 Å². The minimum atomic E-state index is -5.84. The van der Waals surface area contributed by atoms with Crippen LogP contribution >= 0.6 is 0 Å². The number of aromatic nitrogens is 3. The number of anilines is 2. The number of phenolic OH excluding ortho intramolecular Hbond substituents is 1. The van der Waals surface area contributed by atoms with Gasteiger partial charge in [-0.15, -0.1) is 4.73 Å². The van der Waals surface area contributed by atoms with Crippen molar-refractivity contribution < 1.29 is 41.4 Å². The van der Waals surface area contributed by atoms with E-state index < -0.39 is 29.3 Å². The number of aromatic hydroxyl groups is 1. The number of nitrogens with one attached hydrogen (secondary N) is 2. The van der Waals surface area contributed by atoms with Gasteiger partial charge in [-0.2, -0.15) is 22.0 Å². The molecule has 4 aromatic rings. The summed E-state index contributed by atoms with van der Waals surface area (Å²) in [4.78, 5) is 28.4. The van der Waals surface area contributed by atoms with Gasteiger partial charge in [0.2, 0.25) is 5.95 Å². The molecule has 1 aliphatic rings. The molecule has 1 amide bonds. The lowest BCUT2D eigenvalue weighted by Crippen LogP contribution is -2.34. The minimum Gasteiger partial charge on any atom is -0.508 e. The molecule has 15 heteroatoms. The van der Waals surface area contributed by atoms with Crippen LogP contribution in [-0.4, -0.2) is 70.1 Å². The molecule has 0 unspecified atom stereocenters. The molecule has 0 aliphatic carbocycles. The van der Waals surface area contributed by atoms with Crippen molar-refractivity contribution in [2.75, 3.05) is 38.6 Å². The van der Waals surface area contributed by atoms with Gasteiger partial charge in [0.1, 0.15) is 29.3 Å². The first-order chi connectivity index (χ1) is 20.5. The Bertz CT molecular complexity index is 1620. The Kier molecular flexibility index (Phi) is 8.26. The monoisotopic (exact) mass is 606 g/mol. The standard InChI is InChI=1S/C28H27F5N6O4/c1-34-25(41)22-16-19(8-9-35-22)43-39-23-7-5-18(40)15-21(23)37-26(39)36-17-4-6-20(27(29,30)28(31,32)33)24(14-17)42-13-12-38-10-2-3-11-38/h4-9,14-16,40H,2-3,10-13H2,1H3,(H,34,41)(H,36,37). The molecule has 3 N–H and O–H groups in total. The Morgan fingerprint density at radius 2 is 1.81 bits per heavy atom. The van der Waals surface area contributed by atoms with Crippen LogP contribution in [0.25, 0.3) is 11.0 Å². The van der Waals surface area contributed by atoms with Gasteiger partial charge in [-0.1, -0.05) is 0 Å². The maximum Gasteiger partial charge on any atom is 0.458 e. The lowest BCUT2D eigenvalue weighted by Gasteiger charge is -2.24. The summed E-state index contributed by atoms with van der Waals surface area (Å²) in [5.41, 5.74) is -0.553. The van der Waals surface area contributed by atoms with Gasteiger partial charge in [0, 0.05) is 49.7 Å². The van der Waals surface area contributed by atoms with E-state index in [0.717, 1.165) is 38.1 Å². The normalized spacial score (nSPS) is 14.2. The number of carbonyl (C=O) groups is 1. The third kappa shape index (κ3) is 6.40. The number of phenols is 1. The molecule has 2 aromatic heterocycles. The smallest absolute Gasteiger partial charge is 0.458 e. The highest BCUT2D eigenvalue weighted by Gasteiger charge is 2.60. The highest BCUT2D eigenvalue weighted by atomic mass is 19.4. The van der Waals surface area contributed by atoms with Crippen molar-refractivity contribution in [1.82, 2.24) is 24.9 Å². The molecular formula is C28H27F5N6O4. The Morgan fingerprint density at radius 3 is 2.53 bits per heavy atom. The van der Waals surface area contributed by atoms with E-state index in [1.807, 2.05) is 4.90 Å². The van der Waals surface area contributed by atoms with Gasteiger partial charge >= 0.3 is 12.1 Å². The topological polar surface area (TPSA) is 114 Å². The van der Waals surface area contributed by atoms with Crippen molar-refractivity contribution in [1.29, 1.82) is 0 Å². The van der Waals surface area contributed by atoms with Gasteiger partial charge in [0.25, 0.3) is 5.91 Å². The predicted molar refractivity (Wildman–Crippen MR) is 146 cm³/mol. The van der Waals surface area contributed by atoms with E-state index in [1.165, 1.54) is 48.3 Å². The van der Waals surface area contributed by atoms with Crippen LogP contribution < -0.4 is 20.2 Å². The predicted octanol–water partition coefficient (Wildman–Crippen LogP) is 5.21. The number of hydrogen-bond donors (Lipinski definition) is 3. The summed E-state index contributed by atoms with van der Waals surface area (Å²) >= 11 is 0. The van der Waals surface area contributed by atoms with Crippen LogP contribution in [0, 0.1) is 0 Å². The SMILES string of the molecule is CNC(=O)c1cc(On2c(Nc3ccc(C(F)(F)C(F)(F)F)c(OCCN4CCCC4)c3)nc3cc(O)ccc32)ccn1. The highest BCUT2D eigenvalue weighted by Crippen LogP contribution is 2.48. The van der Waals surface area contributed by atoms with Crippen molar-refractivity contribution in [2.45, 2.75) is 24.9 Å². The molecule has 0 saturated carbocycles. The Morgan fingerprint density at radius 1 is 1.05 bits per heavy atom. The zero-order valence-electron chi connectivity index (χ0n) is 22.8. The van der Waals surface area contributed by atoms with Gasteiger partial charge in [-0.05, 0) is 50.2 Å². The number of amides is 1. The maximum atomic E-state index is 14.5. The van der Waals surface area contributed by atoms with E-state index >= 15 is 0 Å². The summed E-state index contributed by atoms with van der Waals surface area (Å²) in [7, 11) is 1.44. The van der Waals surface area contributed by atoms with Gasteiger partial charge in [0.05, 0.1) is 11.1 Å². The van der Waals surface area contributed by atoms with Crippen molar-refractivity contribution in [3.8, 4) is 17.2 Å². The number of pyridine rings is 1. The average Bonchev–Trinajstić information content (AvgIpc) is 3.60. The summed E-state index contributed by atoms with van der Waals surface area (Å²) in [5, 5.41) is 15.3. The number of nitrogens with zero attached hydrogens (tertiary/aromatic N) is 4. The van der Waals surface area contributed by atoms with Crippen LogP contribution in [0.5, 0.6) is 17.2 Å². The first-order valence-electron chi connectivity index (χ1n) is 13.3. The number of likely N-dealkylation sites (tertiary alicyclic amines) is 1. The zero-order valence-corrected chi connectivity index (χ0v) is 22.8. The molecule has 0 radical (unpaired) electrons. The molecule has 3 heterocycles. The lowest BCUT2D eigenvalue weighted by atomic mass is 10.1. The molecule has 43 heavy (non-hydrogen) atoms. The fraction of sp³-hybridized carbons (Fsp3) is 0.321. The van der Waals surface area contributed by atoms with Crippen LogP contribution in [0.2, 0.25) is 0 Å². The Labute approximate surface area is 242 Å². The number of halogens is 5. The molecule has 228 valence electrons. The second-order valence-corrected chi connectivity index (χ2v) is 9.76. The number of carbonyl (C=O) groups excluding carboxylic acids is 1. The summed E-state index contributed by atoms with van der Waals surface area (Å²) in [6.07, 6.45) is -2.53. The molecular weight excluding hydrogens is 579 g/mol. The second kappa shape index (κ2) is 11.9. The van der Waals surface area contributed by atoms with E-state index in [2.05, 4.69) is 20.6 Å². The molecule has 0 bridgehead atoms. The third-order valence-electron chi connectivity index (χ3n) is 6.78. The largest absolute Gasteiger partial charge is 0.508 e. The number of fused-ring (bicyclic) bond motifs is 1. The Hall–Kier alpha value is -4.66. The van der Waals surface area contributed by atoms with E-state index in [4.69, 9.17) is 9.57 Å². The molecule has 1 saturated heterocycles. The minimum absolute atomic E-state index is 0.0164. The lowest BCUT2D eigenvalue weighted by molar-refractivity contribution is -0.289. The van der Waals surface area contributed by atoms with Gasteiger partial charge in [-0.3, -0.25) is 14.7 Å². The van der Waals surface area contributed by atoms with Crippen LogP contribution in [0.1, 0.15) is 28.9 Å². The quantitative estimate of drug-likeness (QED) is 0.211. The number of benzene rings is 2. The molecule has 1 fully saturated rings. The maximum absolute atomic E-state index is 14.5. The molecule has 0 spiro atoms. The van der Waals surface area contributed by atoms with Crippen LogP contribution in [0.3, 0.4) is 0 Å². The molecule has 10 nitrogen and oxygen atoms in total. The summed E-state index contributed by atoms with van der Waals surface area (Å²) in [6.45, 7) is 1.86. The van der Waals surface area contributed by atoms with E-state index in [0.29, 0.717) is 18.1 Å². The second-order valence-electron chi connectivity index (χ2n) is 9.76. The third-order valence-corrected chi connectivity index (χ3v) is 6.78.